The average Bonchev–Trinajstić information content (AvgIpc) is 2.68. The third-order valence-electron chi connectivity index (χ3n) is 7.69. The number of carbonyl (C=O) groups is 2. The van der Waals surface area contributed by atoms with E-state index in [0.717, 1.165) is 6.42 Å². The Balaban J connectivity index is 1.13. The summed E-state index contributed by atoms with van der Waals surface area (Å²) in [5, 5.41) is 5.53. The molecule has 0 radical (unpaired) electrons. The van der Waals surface area contributed by atoms with E-state index in [9.17, 15) is 18.4 Å². The predicted molar refractivity (Wildman–Crippen MR) is 111 cm³/mol. The first-order chi connectivity index (χ1) is 14.7. The van der Waals surface area contributed by atoms with Crippen molar-refractivity contribution < 1.29 is 27.8 Å². The summed E-state index contributed by atoms with van der Waals surface area (Å²) >= 11 is 5.87. The van der Waals surface area contributed by atoms with Crippen LogP contribution in [0.25, 0.3) is 0 Å². The van der Waals surface area contributed by atoms with E-state index < -0.39 is 23.1 Å². The van der Waals surface area contributed by atoms with Crippen LogP contribution >= 0.6 is 11.6 Å². The third kappa shape index (κ3) is 4.86. The Morgan fingerprint density at radius 1 is 1.06 bits per heavy atom. The van der Waals surface area contributed by atoms with E-state index >= 15 is 0 Å². The summed E-state index contributed by atoms with van der Waals surface area (Å²) in [7, 11) is 1.54. The van der Waals surface area contributed by atoms with Crippen LogP contribution in [0.15, 0.2) is 0 Å². The highest BCUT2D eigenvalue weighted by Crippen LogP contribution is 2.67. The first-order valence-corrected chi connectivity index (χ1v) is 11.8. The van der Waals surface area contributed by atoms with Gasteiger partial charge in [0.05, 0.1) is 23.0 Å². The SMILES string of the molecule is COC1CCC(CNC(=O)C23CC(NC(=O)COC4CCC(Cl)C(F)C4)(C2)C3)CC1F. The predicted octanol–water partition coefficient (Wildman–Crippen LogP) is 2.81. The first kappa shape index (κ1) is 23.2. The van der Waals surface area contributed by atoms with Crippen LogP contribution in [-0.2, 0) is 19.1 Å². The minimum absolute atomic E-state index is 0.0102. The Hall–Kier alpha value is -0.990. The van der Waals surface area contributed by atoms with Crippen molar-refractivity contribution in [2.75, 3.05) is 20.3 Å². The summed E-state index contributed by atoms with van der Waals surface area (Å²) in [6.07, 6.45) is 2.60. The molecule has 31 heavy (non-hydrogen) atoms. The minimum Gasteiger partial charge on any atom is -0.378 e. The van der Waals surface area contributed by atoms with Crippen molar-refractivity contribution >= 4 is 23.4 Å². The van der Waals surface area contributed by atoms with Gasteiger partial charge in [0.1, 0.15) is 19.0 Å². The van der Waals surface area contributed by atoms with Crippen molar-refractivity contribution in [3.05, 3.63) is 0 Å². The molecular formula is C22H33ClF2N2O4. The molecule has 0 aliphatic heterocycles. The van der Waals surface area contributed by atoms with Crippen LogP contribution in [0.2, 0.25) is 0 Å². The number of amides is 2. The normalized spacial score (nSPS) is 44.0. The molecule has 5 aliphatic carbocycles. The largest absolute Gasteiger partial charge is 0.378 e. The summed E-state index contributed by atoms with van der Waals surface area (Å²) < 4.78 is 38.4. The van der Waals surface area contributed by atoms with Crippen molar-refractivity contribution in [1.29, 1.82) is 0 Å². The molecule has 0 spiro atoms. The molecule has 2 N–H and O–H groups in total. The van der Waals surface area contributed by atoms with Crippen LogP contribution in [0, 0.1) is 11.3 Å². The van der Waals surface area contributed by atoms with Gasteiger partial charge in [0.15, 0.2) is 0 Å². The summed E-state index contributed by atoms with van der Waals surface area (Å²) in [6.45, 7) is 0.393. The van der Waals surface area contributed by atoms with E-state index in [2.05, 4.69) is 10.6 Å². The number of hydrogen-bond acceptors (Lipinski definition) is 4. The lowest BCUT2D eigenvalue weighted by atomic mass is 9.39. The van der Waals surface area contributed by atoms with Gasteiger partial charge in [-0.25, -0.2) is 8.78 Å². The molecular weight excluding hydrogens is 430 g/mol. The minimum atomic E-state index is -1.09. The Morgan fingerprint density at radius 3 is 2.45 bits per heavy atom. The quantitative estimate of drug-likeness (QED) is 0.544. The zero-order valence-electron chi connectivity index (χ0n) is 18.0. The average molecular weight is 463 g/mol. The highest BCUT2D eigenvalue weighted by atomic mass is 35.5. The lowest BCUT2D eigenvalue weighted by Crippen LogP contribution is -2.78. The highest BCUT2D eigenvalue weighted by molar-refractivity contribution is 6.21. The maximum absolute atomic E-state index is 14.0. The van der Waals surface area contributed by atoms with E-state index in [-0.39, 0.29) is 48.5 Å². The number of rotatable bonds is 8. The monoisotopic (exact) mass is 462 g/mol. The molecule has 5 saturated carbocycles. The van der Waals surface area contributed by atoms with Gasteiger partial charge in [0.25, 0.3) is 0 Å². The fraction of sp³-hybridized carbons (Fsp3) is 0.909. The fourth-order valence-corrected chi connectivity index (χ4v) is 6.15. The van der Waals surface area contributed by atoms with Gasteiger partial charge >= 0.3 is 0 Å². The standard InChI is InChI=1S/C22H33ClF2N2O4/c1-30-18-5-2-13(6-17(18)25)8-26-20(29)21-10-22(11-21,12-21)27-19(28)9-31-14-3-4-15(23)16(24)7-14/h13-18H,2-12H2,1H3,(H,26,29)(H,27,28). The number of halogens is 3. The number of nitrogens with one attached hydrogen (secondary N) is 2. The zero-order chi connectivity index (χ0) is 22.2. The van der Waals surface area contributed by atoms with Gasteiger partial charge in [0.2, 0.25) is 11.8 Å². The second kappa shape index (κ2) is 9.10. The molecule has 2 bridgehead atoms. The maximum Gasteiger partial charge on any atom is 0.246 e. The summed E-state index contributed by atoms with van der Waals surface area (Å²) in [5.74, 6) is -0.0710. The number of hydrogen-bond donors (Lipinski definition) is 2. The Labute approximate surface area is 187 Å². The molecule has 9 heteroatoms. The molecule has 0 heterocycles. The number of ether oxygens (including phenoxy) is 2. The number of methoxy groups -OCH3 is 1. The van der Waals surface area contributed by atoms with E-state index in [1.807, 2.05) is 0 Å². The van der Waals surface area contributed by atoms with Gasteiger partial charge in [-0.05, 0) is 57.3 Å². The molecule has 6 nitrogen and oxygen atoms in total. The van der Waals surface area contributed by atoms with Crippen LogP contribution < -0.4 is 10.6 Å². The fourth-order valence-electron chi connectivity index (χ4n) is 5.93. The van der Waals surface area contributed by atoms with Gasteiger partial charge < -0.3 is 20.1 Å². The van der Waals surface area contributed by atoms with Crippen LogP contribution in [0.5, 0.6) is 0 Å². The first-order valence-electron chi connectivity index (χ1n) is 11.4. The van der Waals surface area contributed by atoms with Crippen LogP contribution in [0.3, 0.4) is 0 Å². The van der Waals surface area contributed by atoms with Gasteiger partial charge in [-0.2, -0.15) is 0 Å². The van der Waals surface area contributed by atoms with Crippen LogP contribution in [0.4, 0.5) is 8.78 Å². The number of carbonyl (C=O) groups excluding carboxylic acids is 2. The lowest BCUT2D eigenvalue weighted by molar-refractivity contribution is -0.185. The topological polar surface area (TPSA) is 76.7 Å². The van der Waals surface area contributed by atoms with E-state index in [1.165, 1.54) is 7.11 Å². The molecule has 6 unspecified atom stereocenters. The molecule has 5 rings (SSSR count). The second-order valence-electron chi connectivity index (χ2n) is 10.1. The van der Waals surface area contributed by atoms with Gasteiger partial charge in [0, 0.05) is 25.6 Å². The van der Waals surface area contributed by atoms with E-state index in [1.54, 1.807) is 0 Å². The van der Waals surface area contributed by atoms with Gasteiger partial charge in [-0.15, -0.1) is 11.6 Å². The van der Waals surface area contributed by atoms with Crippen molar-refractivity contribution in [3.8, 4) is 0 Å². The Morgan fingerprint density at radius 2 is 1.81 bits per heavy atom. The summed E-state index contributed by atoms with van der Waals surface area (Å²) in [4.78, 5) is 24.9. The summed E-state index contributed by atoms with van der Waals surface area (Å²) in [6, 6.07) is 0. The van der Waals surface area contributed by atoms with Crippen LogP contribution in [-0.4, -0.2) is 67.5 Å². The Bertz CT molecular complexity index is 677. The van der Waals surface area contributed by atoms with Crippen molar-refractivity contribution in [2.45, 2.75) is 93.3 Å². The second-order valence-corrected chi connectivity index (χ2v) is 10.7. The molecule has 0 aromatic carbocycles. The van der Waals surface area contributed by atoms with Crippen molar-refractivity contribution in [1.82, 2.24) is 10.6 Å². The summed E-state index contributed by atoms with van der Waals surface area (Å²) in [5.41, 5.74) is -0.706. The molecule has 176 valence electrons. The third-order valence-corrected chi connectivity index (χ3v) is 8.18. The highest BCUT2D eigenvalue weighted by Gasteiger charge is 2.72. The molecule has 0 aromatic heterocycles. The van der Waals surface area contributed by atoms with Gasteiger partial charge in [-0.3, -0.25) is 9.59 Å². The lowest BCUT2D eigenvalue weighted by Gasteiger charge is -2.69. The molecule has 5 fully saturated rings. The molecule has 0 saturated heterocycles. The molecule has 0 aromatic rings. The number of alkyl halides is 3. The Kier molecular flexibility index (Phi) is 6.80. The molecule has 2 amide bonds. The maximum atomic E-state index is 14.0. The van der Waals surface area contributed by atoms with Crippen LogP contribution in [0.1, 0.15) is 57.8 Å². The molecule has 5 aliphatic rings. The zero-order valence-corrected chi connectivity index (χ0v) is 18.8. The van der Waals surface area contributed by atoms with Crippen molar-refractivity contribution in [2.24, 2.45) is 11.3 Å². The smallest absolute Gasteiger partial charge is 0.246 e. The van der Waals surface area contributed by atoms with E-state index in [4.69, 9.17) is 21.1 Å². The van der Waals surface area contributed by atoms with Crippen molar-refractivity contribution in [3.63, 3.8) is 0 Å². The van der Waals surface area contributed by atoms with Gasteiger partial charge in [-0.1, -0.05) is 0 Å². The molecule has 6 atom stereocenters. The van der Waals surface area contributed by atoms with E-state index in [0.29, 0.717) is 51.5 Å².